The average Bonchev–Trinajstić information content (AvgIpc) is 2.63. The van der Waals surface area contributed by atoms with Crippen LogP contribution in [-0.4, -0.2) is 6.54 Å². The van der Waals surface area contributed by atoms with Gasteiger partial charge in [-0.05, 0) is 41.3 Å². The van der Waals surface area contributed by atoms with Crippen LogP contribution in [0, 0.1) is 23.7 Å². The van der Waals surface area contributed by atoms with E-state index in [1.807, 2.05) is 0 Å². The molecule has 1 aliphatic rings. The molecule has 0 heterocycles. The first-order chi connectivity index (χ1) is 7.87. The van der Waals surface area contributed by atoms with Crippen LogP contribution in [0.3, 0.4) is 0 Å². The summed E-state index contributed by atoms with van der Waals surface area (Å²) >= 11 is 0. The van der Waals surface area contributed by atoms with Crippen molar-refractivity contribution >= 4 is 0 Å². The van der Waals surface area contributed by atoms with Crippen LogP contribution in [0.25, 0.3) is 0 Å². The maximum atomic E-state index is 3.62. The van der Waals surface area contributed by atoms with Gasteiger partial charge in [-0.1, -0.05) is 52.0 Å². The molecule has 0 radical (unpaired) electrons. The van der Waals surface area contributed by atoms with E-state index in [2.05, 4.69) is 64.2 Å². The van der Waals surface area contributed by atoms with Crippen LogP contribution in [-0.2, 0) is 6.54 Å². The van der Waals surface area contributed by atoms with Crippen molar-refractivity contribution in [3.63, 3.8) is 0 Å². The third-order valence-electron chi connectivity index (χ3n) is 5.24. The molecule has 1 fully saturated rings. The topological polar surface area (TPSA) is 12.0 Å². The molecule has 1 nitrogen and oxygen atoms in total. The average molecular weight is 231 g/mol. The fourth-order valence-corrected chi connectivity index (χ4v) is 3.00. The Kier molecular flexibility index (Phi) is 3.07. The van der Waals surface area contributed by atoms with E-state index >= 15 is 0 Å². The number of rotatable bonds is 4. The van der Waals surface area contributed by atoms with Gasteiger partial charge in [0.15, 0.2) is 0 Å². The highest BCUT2D eigenvalue weighted by molar-refractivity contribution is 5.25. The lowest BCUT2D eigenvalue weighted by atomic mass is 10.0. The summed E-state index contributed by atoms with van der Waals surface area (Å²) < 4.78 is 0. The fraction of sp³-hybridized carbons (Fsp3) is 0.625. The van der Waals surface area contributed by atoms with Gasteiger partial charge in [-0.2, -0.15) is 0 Å². The van der Waals surface area contributed by atoms with E-state index in [9.17, 15) is 0 Å². The first-order valence-electron chi connectivity index (χ1n) is 6.62. The molecule has 17 heavy (non-hydrogen) atoms. The van der Waals surface area contributed by atoms with Crippen molar-refractivity contribution in [1.29, 1.82) is 0 Å². The lowest BCUT2D eigenvalue weighted by molar-refractivity contribution is 0.457. The summed E-state index contributed by atoms with van der Waals surface area (Å²) in [6, 6.07) is 8.62. The molecular weight excluding hydrogens is 206 g/mol. The van der Waals surface area contributed by atoms with Gasteiger partial charge in [-0.15, -0.1) is 0 Å². The Balaban J connectivity index is 1.84. The molecule has 0 bridgehead atoms. The summed E-state index contributed by atoms with van der Waals surface area (Å²) in [7, 11) is 0. The largest absolute Gasteiger partial charge is 0.312 e. The first-order valence-corrected chi connectivity index (χ1v) is 6.62. The third kappa shape index (κ3) is 2.13. The minimum atomic E-state index is 0.492. The van der Waals surface area contributed by atoms with E-state index in [-0.39, 0.29) is 0 Å². The first kappa shape index (κ1) is 12.6. The molecule has 2 rings (SSSR count). The van der Waals surface area contributed by atoms with E-state index < -0.39 is 0 Å². The van der Waals surface area contributed by atoms with Crippen molar-refractivity contribution in [2.75, 3.05) is 6.54 Å². The summed E-state index contributed by atoms with van der Waals surface area (Å²) in [5.41, 5.74) is 3.79. The molecule has 1 N–H and O–H groups in total. The van der Waals surface area contributed by atoms with E-state index in [0.717, 1.165) is 19.0 Å². The molecular formula is C16H25N. The van der Waals surface area contributed by atoms with Crippen molar-refractivity contribution in [1.82, 2.24) is 5.32 Å². The van der Waals surface area contributed by atoms with Crippen molar-refractivity contribution < 1.29 is 0 Å². The smallest absolute Gasteiger partial charge is 0.0208 e. The van der Waals surface area contributed by atoms with Crippen LogP contribution in [0.4, 0.5) is 0 Å². The summed E-state index contributed by atoms with van der Waals surface area (Å²) in [5, 5.41) is 3.62. The number of aryl methyl sites for hydroxylation is 1. The van der Waals surface area contributed by atoms with Gasteiger partial charge in [-0.25, -0.2) is 0 Å². The van der Waals surface area contributed by atoms with Gasteiger partial charge < -0.3 is 5.32 Å². The SMILES string of the molecule is Cc1ccccc1CNCC1C(C)(C)C1(C)C. The molecule has 0 spiro atoms. The lowest BCUT2D eigenvalue weighted by Crippen LogP contribution is -2.19. The quantitative estimate of drug-likeness (QED) is 0.832. The molecule has 0 unspecified atom stereocenters. The zero-order valence-corrected chi connectivity index (χ0v) is 11.8. The van der Waals surface area contributed by atoms with E-state index in [0.29, 0.717) is 10.8 Å². The molecule has 0 atom stereocenters. The Morgan fingerprint density at radius 3 is 2.18 bits per heavy atom. The molecule has 0 aliphatic heterocycles. The van der Waals surface area contributed by atoms with E-state index in [1.54, 1.807) is 0 Å². The fourth-order valence-electron chi connectivity index (χ4n) is 3.00. The number of benzene rings is 1. The summed E-state index contributed by atoms with van der Waals surface area (Å²) in [5.74, 6) is 0.805. The second-order valence-electron chi connectivity index (χ2n) is 6.55. The van der Waals surface area contributed by atoms with Gasteiger partial charge in [0.1, 0.15) is 0 Å². The number of hydrogen-bond acceptors (Lipinski definition) is 1. The Morgan fingerprint density at radius 1 is 1.06 bits per heavy atom. The second-order valence-corrected chi connectivity index (χ2v) is 6.55. The molecule has 0 saturated heterocycles. The monoisotopic (exact) mass is 231 g/mol. The van der Waals surface area contributed by atoms with Gasteiger partial charge in [0, 0.05) is 6.54 Å². The van der Waals surface area contributed by atoms with E-state index in [4.69, 9.17) is 0 Å². The zero-order valence-electron chi connectivity index (χ0n) is 11.8. The molecule has 1 aromatic carbocycles. The lowest BCUT2D eigenvalue weighted by Gasteiger charge is -2.08. The van der Waals surface area contributed by atoms with Crippen molar-refractivity contribution in [3.8, 4) is 0 Å². The summed E-state index contributed by atoms with van der Waals surface area (Å²) in [6.45, 7) is 13.8. The van der Waals surface area contributed by atoms with Crippen molar-refractivity contribution in [3.05, 3.63) is 35.4 Å². The molecule has 94 valence electrons. The molecule has 0 aromatic heterocycles. The highest BCUT2D eigenvalue weighted by Gasteiger charge is 2.63. The highest BCUT2D eigenvalue weighted by Crippen LogP contribution is 2.67. The summed E-state index contributed by atoms with van der Waals surface area (Å²) in [6.07, 6.45) is 0. The normalized spacial score (nSPS) is 21.5. The molecule has 1 saturated carbocycles. The van der Waals surface area contributed by atoms with Crippen LogP contribution in [0.2, 0.25) is 0 Å². The Hall–Kier alpha value is -0.820. The molecule has 1 aliphatic carbocycles. The van der Waals surface area contributed by atoms with Crippen molar-refractivity contribution in [2.24, 2.45) is 16.7 Å². The maximum Gasteiger partial charge on any atom is 0.0208 e. The molecule has 1 heteroatoms. The van der Waals surface area contributed by atoms with Crippen LogP contribution >= 0.6 is 0 Å². The van der Waals surface area contributed by atoms with Gasteiger partial charge in [0.05, 0.1) is 0 Å². The van der Waals surface area contributed by atoms with Gasteiger partial charge in [0.25, 0.3) is 0 Å². The zero-order chi connectivity index (χ0) is 12.7. The summed E-state index contributed by atoms with van der Waals surface area (Å²) in [4.78, 5) is 0. The standard InChI is InChI=1S/C16H25N/c1-12-8-6-7-9-13(12)10-17-11-14-15(2,3)16(14,4)5/h6-9,14,17H,10-11H2,1-5H3. The highest BCUT2D eigenvalue weighted by atomic mass is 14.9. The van der Waals surface area contributed by atoms with Crippen LogP contribution in [0.5, 0.6) is 0 Å². The maximum absolute atomic E-state index is 3.62. The minimum Gasteiger partial charge on any atom is -0.312 e. The van der Waals surface area contributed by atoms with Crippen LogP contribution in [0.1, 0.15) is 38.8 Å². The Bertz CT molecular complexity index is 390. The van der Waals surface area contributed by atoms with Crippen LogP contribution in [0.15, 0.2) is 24.3 Å². The number of hydrogen-bond donors (Lipinski definition) is 1. The van der Waals surface area contributed by atoms with Gasteiger partial charge in [-0.3, -0.25) is 0 Å². The van der Waals surface area contributed by atoms with Gasteiger partial charge >= 0.3 is 0 Å². The predicted octanol–water partition coefficient (Wildman–Crippen LogP) is 3.77. The van der Waals surface area contributed by atoms with Crippen LogP contribution < -0.4 is 5.32 Å². The van der Waals surface area contributed by atoms with E-state index in [1.165, 1.54) is 11.1 Å². The third-order valence-corrected chi connectivity index (χ3v) is 5.24. The van der Waals surface area contributed by atoms with Gasteiger partial charge in [0.2, 0.25) is 0 Å². The number of nitrogens with one attached hydrogen (secondary N) is 1. The minimum absolute atomic E-state index is 0.492. The predicted molar refractivity (Wildman–Crippen MR) is 73.9 cm³/mol. The molecule has 1 aromatic rings. The second kappa shape index (κ2) is 4.13. The Labute approximate surface area is 106 Å². The Morgan fingerprint density at radius 2 is 1.65 bits per heavy atom. The van der Waals surface area contributed by atoms with Crippen molar-refractivity contribution in [2.45, 2.75) is 41.2 Å². The molecule has 0 amide bonds.